The molecule has 1 saturated heterocycles. The van der Waals surface area contributed by atoms with E-state index in [-0.39, 0.29) is 24.1 Å². The van der Waals surface area contributed by atoms with E-state index in [9.17, 15) is 4.79 Å². The molecule has 0 aliphatic carbocycles. The van der Waals surface area contributed by atoms with Crippen LogP contribution in [0.4, 0.5) is 0 Å². The van der Waals surface area contributed by atoms with Gasteiger partial charge in [-0.2, -0.15) is 0 Å². The minimum Gasteiger partial charge on any atom is -0.377 e. The number of likely N-dealkylation sites (N-methyl/N-ethyl adjacent to an activating group) is 1. The molecule has 5 nitrogen and oxygen atoms in total. The Labute approximate surface area is 110 Å². The summed E-state index contributed by atoms with van der Waals surface area (Å²) in [5, 5.41) is 2.91. The van der Waals surface area contributed by atoms with Crippen LogP contribution in [0.25, 0.3) is 0 Å². The Morgan fingerprint density at radius 3 is 2.67 bits per heavy atom. The Hall–Kier alpha value is -0.650. The van der Waals surface area contributed by atoms with Gasteiger partial charge in [0.15, 0.2) is 0 Å². The Morgan fingerprint density at radius 1 is 1.56 bits per heavy atom. The van der Waals surface area contributed by atoms with Crippen molar-refractivity contribution in [1.29, 1.82) is 0 Å². The summed E-state index contributed by atoms with van der Waals surface area (Å²) in [5.41, 5.74) is 5.80. The van der Waals surface area contributed by atoms with E-state index >= 15 is 0 Å². The van der Waals surface area contributed by atoms with Crippen LogP contribution in [0.1, 0.15) is 33.6 Å². The van der Waals surface area contributed by atoms with E-state index in [2.05, 4.69) is 17.1 Å². The first-order valence-corrected chi connectivity index (χ1v) is 6.78. The highest BCUT2D eigenvalue weighted by Crippen LogP contribution is 2.20. The molecule has 0 bridgehead atoms. The number of carbonyl (C=O) groups excluding carboxylic acids is 1. The first-order valence-electron chi connectivity index (χ1n) is 6.78. The molecule has 106 valence electrons. The van der Waals surface area contributed by atoms with Crippen molar-refractivity contribution in [2.45, 2.75) is 57.8 Å². The highest BCUT2D eigenvalue weighted by Gasteiger charge is 2.32. The fraction of sp³-hybridized carbons (Fsp3) is 0.923. The molecule has 0 aromatic heterocycles. The van der Waals surface area contributed by atoms with E-state index in [4.69, 9.17) is 10.5 Å². The fourth-order valence-electron chi connectivity index (χ4n) is 2.51. The van der Waals surface area contributed by atoms with Crippen LogP contribution >= 0.6 is 0 Å². The van der Waals surface area contributed by atoms with Gasteiger partial charge >= 0.3 is 0 Å². The topological polar surface area (TPSA) is 67.6 Å². The first-order chi connectivity index (χ1) is 8.45. The fourth-order valence-corrected chi connectivity index (χ4v) is 2.51. The summed E-state index contributed by atoms with van der Waals surface area (Å²) in [6.45, 7) is 7.30. The van der Waals surface area contributed by atoms with Crippen LogP contribution in [0.3, 0.4) is 0 Å². The molecule has 1 heterocycles. The van der Waals surface area contributed by atoms with Gasteiger partial charge in [-0.1, -0.05) is 0 Å². The van der Waals surface area contributed by atoms with Gasteiger partial charge in [-0.15, -0.1) is 0 Å². The molecule has 18 heavy (non-hydrogen) atoms. The number of carbonyl (C=O) groups is 1. The summed E-state index contributed by atoms with van der Waals surface area (Å²) in [7, 11) is 2.04. The molecule has 1 aliphatic rings. The zero-order valence-corrected chi connectivity index (χ0v) is 12.0. The Bertz CT molecular complexity index is 271. The highest BCUT2D eigenvalue weighted by molar-refractivity contribution is 5.76. The number of hydrogen-bond acceptors (Lipinski definition) is 4. The van der Waals surface area contributed by atoms with E-state index < -0.39 is 0 Å². The van der Waals surface area contributed by atoms with E-state index in [1.54, 1.807) is 0 Å². The van der Waals surface area contributed by atoms with Gasteiger partial charge in [0.2, 0.25) is 5.91 Å². The monoisotopic (exact) mass is 257 g/mol. The normalized spacial score (nSPS) is 25.7. The van der Waals surface area contributed by atoms with Crippen molar-refractivity contribution in [2.24, 2.45) is 5.73 Å². The third-order valence-corrected chi connectivity index (χ3v) is 3.58. The van der Waals surface area contributed by atoms with E-state index in [1.165, 1.54) is 0 Å². The third kappa shape index (κ3) is 4.23. The molecule has 0 radical (unpaired) electrons. The van der Waals surface area contributed by atoms with Gasteiger partial charge in [0.25, 0.3) is 0 Å². The van der Waals surface area contributed by atoms with Crippen molar-refractivity contribution < 1.29 is 9.53 Å². The van der Waals surface area contributed by atoms with Crippen molar-refractivity contribution in [3.8, 4) is 0 Å². The lowest BCUT2D eigenvalue weighted by molar-refractivity contribution is -0.123. The van der Waals surface area contributed by atoms with Crippen LogP contribution in [-0.4, -0.2) is 55.2 Å². The summed E-state index contributed by atoms with van der Waals surface area (Å²) in [6.07, 6.45) is 1.69. The number of rotatable bonds is 6. The second kappa shape index (κ2) is 7.07. The molecule has 3 unspecified atom stereocenters. The SMILES string of the molecule is CC(C)NC(=O)CC(CN)N(C)C1CCOC1C. The number of hydrogen-bond donors (Lipinski definition) is 2. The van der Waals surface area contributed by atoms with Crippen molar-refractivity contribution in [2.75, 3.05) is 20.2 Å². The van der Waals surface area contributed by atoms with Gasteiger partial charge in [-0.25, -0.2) is 0 Å². The lowest BCUT2D eigenvalue weighted by atomic mass is 10.1. The van der Waals surface area contributed by atoms with Crippen molar-refractivity contribution >= 4 is 5.91 Å². The molecule has 3 N–H and O–H groups in total. The highest BCUT2D eigenvalue weighted by atomic mass is 16.5. The van der Waals surface area contributed by atoms with Gasteiger partial charge in [0, 0.05) is 37.7 Å². The van der Waals surface area contributed by atoms with Crippen LogP contribution in [0.2, 0.25) is 0 Å². The quantitative estimate of drug-likeness (QED) is 0.720. The van der Waals surface area contributed by atoms with Crippen LogP contribution in [0.5, 0.6) is 0 Å². The third-order valence-electron chi connectivity index (χ3n) is 3.58. The Morgan fingerprint density at radius 2 is 2.22 bits per heavy atom. The zero-order chi connectivity index (χ0) is 13.7. The maximum Gasteiger partial charge on any atom is 0.221 e. The molecular formula is C13H27N3O2. The second-order valence-electron chi connectivity index (χ2n) is 5.41. The van der Waals surface area contributed by atoms with Gasteiger partial charge < -0.3 is 15.8 Å². The summed E-state index contributed by atoms with van der Waals surface area (Å²) in [6, 6.07) is 0.623. The molecule has 3 atom stereocenters. The number of ether oxygens (including phenoxy) is 1. The van der Waals surface area contributed by atoms with Crippen LogP contribution in [0.15, 0.2) is 0 Å². The Balaban J connectivity index is 2.51. The van der Waals surface area contributed by atoms with E-state index in [0.717, 1.165) is 13.0 Å². The van der Waals surface area contributed by atoms with Crippen molar-refractivity contribution in [1.82, 2.24) is 10.2 Å². The molecule has 1 rings (SSSR count). The minimum absolute atomic E-state index is 0.0684. The predicted octanol–water partition coefficient (Wildman–Crippen LogP) is 0.338. The molecular weight excluding hydrogens is 230 g/mol. The largest absolute Gasteiger partial charge is 0.377 e. The lowest BCUT2D eigenvalue weighted by Gasteiger charge is -2.33. The summed E-state index contributed by atoms with van der Waals surface area (Å²) in [5.74, 6) is 0.0684. The van der Waals surface area contributed by atoms with Gasteiger partial charge in [0.05, 0.1) is 6.10 Å². The summed E-state index contributed by atoms with van der Waals surface area (Å²) in [4.78, 5) is 14.0. The predicted molar refractivity (Wildman–Crippen MR) is 72.3 cm³/mol. The number of nitrogens with two attached hydrogens (primary N) is 1. The van der Waals surface area contributed by atoms with E-state index in [1.807, 2.05) is 20.9 Å². The molecule has 1 amide bonds. The van der Waals surface area contributed by atoms with Crippen LogP contribution in [0, 0.1) is 0 Å². The van der Waals surface area contributed by atoms with Crippen LogP contribution in [-0.2, 0) is 9.53 Å². The number of amides is 1. The molecule has 1 aliphatic heterocycles. The summed E-state index contributed by atoms with van der Waals surface area (Å²) < 4.78 is 5.57. The average molecular weight is 257 g/mol. The van der Waals surface area contributed by atoms with Crippen LogP contribution < -0.4 is 11.1 Å². The van der Waals surface area contributed by atoms with Gasteiger partial charge in [0.1, 0.15) is 0 Å². The van der Waals surface area contributed by atoms with E-state index in [0.29, 0.717) is 19.0 Å². The first kappa shape index (κ1) is 15.4. The number of nitrogens with zero attached hydrogens (tertiary/aromatic N) is 1. The van der Waals surface area contributed by atoms with Gasteiger partial charge in [-0.3, -0.25) is 9.69 Å². The molecule has 0 aromatic carbocycles. The summed E-state index contributed by atoms with van der Waals surface area (Å²) >= 11 is 0. The zero-order valence-electron chi connectivity index (χ0n) is 12.0. The molecule has 0 spiro atoms. The molecule has 0 saturated carbocycles. The van der Waals surface area contributed by atoms with Gasteiger partial charge in [-0.05, 0) is 34.2 Å². The maximum atomic E-state index is 11.8. The average Bonchev–Trinajstić information content (AvgIpc) is 2.70. The van der Waals surface area contributed by atoms with Crippen molar-refractivity contribution in [3.05, 3.63) is 0 Å². The van der Waals surface area contributed by atoms with Crippen molar-refractivity contribution in [3.63, 3.8) is 0 Å². The minimum atomic E-state index is 0.0684. The molecule has 1 fully saturated rings. The smallest absolute Gasteiger partial charge is 0.221 e. The standard InChI is InChI=1S/C13H27N3O2/c1-9(2)15-13(17)7-11(8-14)16(4)12-5-6-18-10(12)3/h9-12H,5-8,14H2,1-4H3,(H,15,17). The number of nitrogens with one attached hydrogen (secondary N) is 1. The molecule has 5 heteroatoms. The second-order valence-corrected chi connectivity index (χ2v) is 5.41. The molecule has 0 aromatic rings. The maximum absolute atomic E-state index is 11.8. The Kier molecular flexibility index (Phi) is 6.05. The lowest BCUT2D eigenvalue weighted by Crippen LogP contribution is -2.49.